The highest BCUT2D eigenvalue weighted by Gasteiger charge is 2.26. The highest BCUT2D eigenvalue weighted by molar-refractivity contribution is 5.58. The molecule has 2 N–H and O–H groups in total. The van der Waals surface area contributed by atoms with E-state index < -0.39 is 6.10 Å². The first kappa shape index (κ1) is 21.2. The summed E-state index contributed by atoms with van der Waals surface area (Å²) < 4.78 is 11.9. The molecule has 162 valence electrons. The monoisotopic (exact) mass is 411 g/mol. The maximum Gasteiger partial charge on any atom is 0.142 e. The molecular formula is C25H35N2O3+. The Bertz CT molecular complexity index is 804. The standard InChI is InChI=1S/C25H34N2O3/c1-2-29-25-12-6-5-11-23(25)27-16-14-26(15-17-27)18-21(28)19-30-24-13-7-9-20-8-3-4-10-22(20)24/h3-6,8,10-12,21,24,28H,2,7,9,13-19H2,1H3/p+1/t21-,24+/m1/s1. The van der Waals surface area contributed by atoms with Gasteiger partial charge in [0.1, 0.15) is 18.4 Å². The van der Waals surface area contributed by atoms with E-state index in [9.17, 15) is 5.11 Å². The lowest BCUT2D eigenvalue weighted by atomic mass is 9.89. The van der Waals surface area contributed by atoms with Crippen LogP contribution in [0.4, 0.5) is 5.69 Å². The van der Waals surface area contributed by atoms with Gasteiger partial charge in [-0.1, -0.05) is 36.4 Å². The van der Waals surface area contributed by atoms with E-state index in [0.717, 1.165) is 57.7 Å². The van der Waals surface area contributed by atoms with Gasteiger partial charge >= 0.3 is 0 Å². The van der Waals surface area contributed by atoms with Crippen molar-refractivity contribution in [1.29, 1.82) is 0 Å². The highest BCUT2D eigenvalue weighted by Crippen LogP contribution is 2.32. The summed E-state index contributed by atoms with van der Waals surface area (Å²) in [4.78, 5) is 3.84. The molecule has 0 unspecified atom stereocenters. The fraction of sp³-hybridized carbons (Fsp3) is 0.520. The second-order valence-corrected chi connectivity index (χ2v) is 8.41. The predicted molar refractivity (Wildman–Crippen MR) is 119 cm³/mol. The number of nitrogens with zero attached hydrogens (tertiary/aromatic N) is 1. The Morgan fingerprint density at radius 3 is 2.70 bits per heavy atom. The van der Waals surface area contributed by atoms with E-state index in [0.29, 0.717) is 13.2 Å². The molecular weight excluding hydrogens is 376 g/mol. The van der Waals surface area contributed by atoms with Gasteiger partial charge in [-0.05, 0) is 49.4 Å². The molecule has 5 heteroatoms. The molecule has 0 aromatic heterocycles. The molecule has 1 saturated heterocycles. The van der Waals surface area contributed by atoms with Gasteiger partial charge in [0.15, 0.2) is 0 Å². The van der Waals surface area contributed by atoms with Crippen LogP contribution in [0.15, 0.2) is 48.5 Å². The van der Waals surface area contributed by atoms with Crippen LogP contribution in [-0.2, 0) is 11.2 Å². The van der Waals surface area contributed by atoms with Gasteiger partial charge in [0.25, 0.3) is 0 Å². The van der Waals surface area contributed by atoms with Crippen molar-refractivity contribution in [2.75, 3.05) is 50.8 Å². The molecule has 0 spiro atoms. The topological polar surface area (TPSA) is 46.4 Å². The number of nitrogens with one attached hydrogen (secondary N) is 1. The number of anilines is 1. The summed E-state index contributed by atoms with van der Waals surface area (Å²) in [5.74, 6) is 0.963. The van der Waals surface area contributed by atoms with Crippen LogP contribution in [0.25, 0.3) is 0 Å². The quantitative estimate of drug-likeness (QED) is 0.700. The van der Waals surface area contributed by atoms with Crippen molar-refractivity contribution in [3.8, 4) is 5.75 Å². The second kappa shape index (κ2) is 10.3. The number of piperazine rings is 1. The molecule has 0 radical (unpaired) electrons. The summed E-state index contributed by atoms with van der Waals surface area (Å²) in [5.41, 5.74) is 3.89. The fourth-order valence-electron chi connectivity index (χ4n) is 4.77. The predicted octanol–water partition coefficient (Wildman–Crippen LogP) is 2.25. The average Bonchev–Trinajstić information content (AvgIpc) is 2.79. The molecule has 1 aliphatic heterocycles. The minimum Gasteiger partial charge on any atom is -0.492 e. The number of aliphatic hydroxyl groups excluding tert-OH is 1. The Morgan fingerprint density at radius 1 is 1.10 bits per heavy atom. The van der Waals surface area contributed by atoms with Crippen molar-refractivity contribution in [2.45, 2.75) is 38.4 Å². The molecule has 2 aromatic rings. The number of ether oxygens (including phenoxy) is 2. The number of aryl methyl sites for hydroxylation is 1. The summed E-state index contributed by atoms with van der Waals surface area (Å²) in [6.45, 7) is 7.85. The van der Waals surface area contributed by atoms with Gasteiger partial charge in [-0.25, -0.2) is 0 Å². The summed E-state index contributed by atoms with van der Waals surface area (Å²) in [7, 11) is 0. The van der Waals surface area contributed by atoms with Crippen molar-refractivity contribution in [3.05, 3.63) is 59.7 Å². The second-order valence-electron chi connectivity index (χ2n) is 8.41. The number of rotatable bonds is 8. The van der Waals surface area contributed by atoms with E-state index in [-0.39, 0.29) is 6.10 Å². The Hall–Kier alpha value is -2.08. The number of quaternary nitrogens is 1. The summed E-state index contributed by atoms with van der Waals surface area (Å²) >= 11 is 0. The van der Waals surface area contributed by atoms with Gasteiger partial charge in [0, 0.05) is 0 Å². The molecule has 1 fully saturated rings. The summed E-state index contributed by atoms with van der Waals surface area (Å²) in [5, 5.41) is 10.6. The molecule has 30 heavy (non-hydrogen) atoms. The Kier molecular flexibility index (Phi) is 7.26. The molecule has 2 aliphatic rings. The van der Waals surface area contributed by atoms with Crippen LogP contribution in [0, 0.1) is 0 Å². The van der Waals surface area contributed by atoms with E-state index in [1.54, 1.807) is 0 Å². The van der Waals surface area contributed by atoms with Crippen LogP contribution in [-0.4, -0.2) is 57.1 Å². The number of aliphatic hydroxyl groups is 1. The van der Waals surface area contributed by atoms with Crippen molar-refractivity contribution < 1.29 is 19.5 Å². The van der Waals surface area contributed by atoms with Crippen LogP contribution < -0.4 is 14.5 Å². The van der Waals surface area contributed by atoms with Gasteiger partial charge in [0.05, 0.1) is 51.2 Å². The molecule has 0 bridgehead atoms. The first-order chi connectivity index (χ1) is 14.7. The Balaban J connectivity index is 1.24. The van der Waals surface area contributed by atoms with Gasteiger partial charge in [-0.2, -0.15) is 0 Å². The van der Waals surface area contributed by atoms with E-state index >= 15 is 0 Å². The van der Waals surface area contributed by atoms with Crippen molar-refractivity contribution in [2.24, 2.45) is 0 Å². The van der Waals surface area contributed by atoms with Gasteiger partial charge in [0.2, 0.25) is 0 Å². The van der Waals surface area contributed by atoms with Crippen LogP contribution in [0.1, 0.15) is 37.0 Å². The third-order valence-corrected chi connectivity index (χ3v) is 6.30. The molecule has 4 rings (SSSR count). The molecule has 1 heterocycles. The molecule has 2 atom stereocenters. The maximum absolute atomic E-state index is 10.6. The lowest BCUT2D eigenvalue weighted by molar-refractivity contribution is -0.903. The van der Waals surface area contributed by atoms with Crippen molar-refractivity contribution in [3.63, 3.8) is 0 Å². The van der Waals surface area contributed by atoms with Gasteiger partial charge in [-0.3, -0.25) is 0 Å². The average molecular weight is 412 g/mol. The lowest BCUT2D eigenvalue weighted by Gasteiger charge is -2.35. The van der Waals surface area contributed by atoms with E-state index in [4.69, 9.17) is 9.47 Å². The fourth-order valence-corrected chi connectivity index (χ4v) is 4.77. The third-order valence-electron chi connectivity index (χ3n) is 6.30. The number of hydrogen-bond donors (Lipinski definition) is 2. The smallest absolute Gasteiger partial charge is 0.142 e. The number of para-hydroxylation sites is 2. The normalized spacial score (nSPS) is 20.6. The van der Waals surface area contributed by atoms with Crippen molar-refractivity contribution >= 4 is 5.69 Å². The van der Waals surface area contributed by atoms with Crippen LogP contribution >= 0.6 is 0 Å². The molecule has 0 saturated carbocycles. The zero-order valence-corrected chi connectivity index (χ0v) is 18.1. The zero-order chi connectivity index (χ0) is 20.8. The molecule has 2 aromatic carbocycles. The number of benzene rings is 2. The Labute approximate surface area is 180 Å². The molecule has 0 amide bonds. The van der Waals surface area contributed by atoms with Crippen LogP contribution in [0.5, 0.6) is 5.75 Å². The number of hydrogen-bond acceptors (Lipinski definition) is 4. The zero-order valence-electron chi connectivity index (χ0n) is 18.1. The van der Waals surface area contributed by atoms with Gasteiger partial charge in [-0.15, -0.1) is 0 Å². The summed E-state index contributed by atoms with van der Waals surface area (Å²) in [6.07, 6.45) is 3.06. The van der Waals surface area contributed by atoms with Gasteiger partial charge < -0.3 is 24.4 Å². The van der Waals surface area contributed by atoms with Crippen LogP contribution in [0.3, 0.4) is 0 Å². The molecule has 5 nitrogen and oxygen atoms in total. The van der Waals surface area contributed by atoms with Crippen molar-refractivity contribution in [1.82, 2.24) is 0 Å². The number of fused-ring (bicyclic) bond motifs is 1. The molecule has 1 aliphatic carbocycles. The minimum atomic E-state index is -0.420. The van der Waals surface area contributed by atoms with Crippen LogP contribution in [0.2, 0.25) is 0 Å². The Morgan fingerprint density at radius 2 is 1.87 bits per heavy atom. The third kappa shape index (κ3) is 5.15. The first-order valence-corrected chi connectivity index (χ1v) is 11.4. The SMILES string of the molecule is CCOc1ccccc1N1CC[NH+](C[C@@H](O)CO[C@H]2CCCc3ccccc32)CC1. The summed E-state index contributed by atoms with van der Waals surface area (Å²) in [6, 6.07) is 16.8. The van der Waals surface area contributed by atoms with E-state index in [2.05, 4.69) is 41.3 Å². The lowest BCUT2D eigenvalue weighted by Crippen LogP contribution is -3.16. The highest BCUT2D eigenvalue weighted by atomic mass is 16.5. The minimum absolute atomic E-state index is 0.131. The van der Waals surface area contributed by atoms with E-state index in [1.807, 2.05) is 19.1 Å². The first-order valence-electron chi connectivity index (χ1n) is 11.4. The largest absolute Gasteiger partial charge is 0.492 e. The maximum atomic E-state index is 10.6. The van der Waals surface area contributed by atoms with E-state index in [1.165, 1.54) is 21.7 Å².